The first-order valence-corrected chi connectivity index (χ1v) is 5.17. The second-order valence-electron chi connectivity index (χ2n) is 2.66. The molecule has 0 N–H and O–H groups in total. The van der Waals surface area contributed by atoms with Crippen LogP contribution in [0, 0.1) is 0 Å². The minimum atomic E-state index is -1.18. The summed E-state index contributed by atoms with van der Waals surface area (Å²) in [5.41, 5.74) is 0. The summed E-state index contributed by atoms with van der Waals surface area (Å²) in [5.74, 6) is -1.18. The van der Waals surface area contributed by atoms with Crippen molar-refractivity contribution >= 4 is 23.6 Å². The van der Waals surface area contributed by atoms with Crippen LogP contribution in [-0.2, 0) is 23.7 Å². The molecule has 0 spiro atoms. The second kappa shape index (κ2) is 11.5. The van der Waals surface area contributed by atoms with Crippen LogP contribution in [0.2, 0.25) is 0 Å². The molecule has 0 aliphatic heterocycles. The van der Waals surface area contributed by atoms with Crippen molar-refractivity contribution in [2.75, 3.05) is 33.0 Å². The maximum absolute atomic E-state index is 10.1. The SMILES string of the molecule is CCOC(COCC=O)(OCC)OCC.[AlH3]. The molecule has 0 aliphatic rings. The molecule has 0 radical (unpaired) electrons. The predicted octanol–water partition coefficient (Wildman–Crippen LogP) is -0.219. The number of hydrogen-bond donors (Lipinski definition) is 0. The van der Waals surface area contributed by atoms with Gasteiger partial charge < -0.3 is 23.7 Å². The Bertz CT molecular complexity index is 148. The molecular weight excluding hydrogens is 227 g/mol. The molecule has 6 heteroatoms. The molecule has 0 fully saturated rings. The molecule has 0 saturated heterocycles. The van der Waals surface area contributed by atoms with Crippen LogP contribution in [0.25, 0.3) is 0 Å². The van der Waals surface area contributed by atoms with E-state index in [-0.39, 0.29) is 30.6 Å². The molecule has 0 bridgehead atoms. The van der Waals surface area contributed by atoms with Crippen molar-refractivity contribution in [1.29, 1.82) is 0 Å². The highest BCUT2D eigenvalue weighted by molar-refractivity contribution is 5.75. The quantitative estimate of drug-likeness (QED) is 0.232. The maximum Gasteiger partial charge on any atom is 0.307 e. The van der Waals surface area contributed by atoms with Crippen LogP contribution >= 0.6 is 0 Å². The van der Waals surface area contributed by atoms with E-state index >= 15 is 0 Å². The zero-order valence-corrected chi connectivity index (χ0v) is 9.65. The van der Waals surface area contributed by atoms with E-state index in [0.29, 0.717) is 26.1 Å². The van der Waals surface area contributed by atoms with Gasteiger partial charge in [0, 0.05) is 19.8 Å². The van der Waals surface area contributed by atoms with E-state index in [0.717, 1.165) is 0 Å². The van der Waals surface area contributed by atoms with E-state index in [4.69, 9.17) is 18.9 Å². The van der Waals surface area contributed by atoms with Gasteiger partial charge in [0.15, 0.2) is 17.4 Å². The van der Waals surface area contributed by atoms with Gasteiger partial charge in [0.1, 0.15) is 19.5 Å². The Labute approximate surface area is 108 Å². The van der Waals surface area contributed by atoms with Gasteiger partial charge >= 0.3 is 5.97 Å². The Morgan fingerprint density at radius 2 is 1.44 bits per heavy atom. The Morgan fingerprint density at radius 3 is 1.75 bits per heavy atom. The summed E-state index contributed by atoms with van der Waals surface area (Å²) in [6.07, 6.45) is 0.675. The average Bonchev–Trinajstić information content (AvgIpc) is 2.19. The highest BCUT2D eigenvalue weighted by Crippen LogP contribution is 2.16. The van der Waals surface area contributed by atoms with Crippen molar-refractivity contribution in [2.45, 2.75) is 26.7 Å². The van der Waals surface area contributed by atoms with E-state index < -0.39 is 5.97 Å². The van der Waals surface area contributed by atoms with E-state index in [1.165, 1.54) is 0 Å². The Balaban J connectivity index is 0. The summed E-state index contributed by atoms with van der Waals surface area (Å²) in [6, 6.07) is 0. The normalized spacial score (nSPS) is 10.9. The third-order valence-electron chi connectivity index (χ3n) is 1.56. The fourth-order valence-corrected chi connectivity index (χ4v) is 1.14. The first-order valence-electron chi connectivity index (χ1n) is 5.17. The van der Waals surface area contributed by atoms with Gasteiger partial charge in [-0.25, -0.2) is 0 Å². The predicted molar refractivity (Wildman–Crippen MR) is 64.4 cm³/mol. The lowest BCUT2D eigenvalue weighted by Crippen LogP contribution is -2.44. The molecule has 0 aromatic carbocycles. The fourth-order valence-electron chi connectivity index (χ4n) is 1.14. The number of aldehydes is 1. The first-order chi connectivity index (χ1) is 7.24. The minimum Gasteiger partial charge on any atom is -0.366 e. The van der Waals surface area contributed by atoms with Crippen molar-refractivity contribution in [1.82, 2.24) is 0 Å². The summed E-state index contributed by atoms with van der Waals surface area (Å²) < 4.78 is 21.2. The third-order valence-corrected chi connectivity index (χ3v) is 1.56. The summed E-state index contributed by atoms with van der Waals surface area (Å²) in [6.45, 7) is 6.96. The molecule has 0 atom stereocenters. The number of rotatable bonds is 10. The van der Waals surface area contributed by atoms with Gasteiger partial charge in [-0.1, -0.05) is 0 Å². The maximum atomic E-state index is 10.1. The van der Waals surface area contributed by atoms with Crippen molar-refractivity contribution in [2.24, 2.45) is 0 Å². The Kier molecular flexibility index (Phi) is 13.3. The highest BCUT2D eigenvalue weighted by atomic mass is 27.0. The van der Waals surface area contributed by atoms with Crippen LogP contribution in [0.15, 0.2) is 0 Å². The van der Waals surface area contributed by atoms with Crippen LogP contribution in [0.4, 0.5) is 0 Å². The molecule has 0 aromatic heterocycles. The minimum absolute atomic E-state index is 0. The van der Waals surface area contributed by atoms with E-state index in [2.05, 4.69) is 0 Å². The van der Waals surface area contributed by atoms with Crippen molar-refractivity contribution in [3.05, 3.63) is 0 Å². The van der Waals surface area contributed by atoms with Gasteiger partial charge in [0.05, 0.1) is 0 Å². The number of ether oxygens (including phenoxy) is 4. The van der Waals surface area contributed by atoms with Crippen LogP contribution in [-0.4, -0.2) is 62.7 Å². The van der Waals surface area contributed by atoms with Crippen LogP contribution in [0.1, 0.15) is 20.8 Å². The molecule has 0 amide bonds. The lowest BCUT2D eigenvalue weighted by molar-refractivity contribution is -0.390. The summed E-state index contributed by atoms with van der Waals surface area (Å²) in [5, 5.41) is 0. The van der Waals surface area contributed by atoms with Gasteiger partial charge in [-0.05, 0) is 20.8 Å². The molecule has 96 valence electrons. The molecule has 5 nitrogen and oxygen atoms in total. The lowest BCUT2D eigenvalue weighted by Gasteiger charge is -2.31. The highest BCUT2D eigenvalue weighted by Gasteiger charge is 2.32. The number of hydrogen-bond acceptors (Lipinski definition) is 5. The van der Waals surface area contributed by atoms with Crippen molar-refractivity contribution < 1.29 is 23.7 Å². The van der Waals surface area contributed by atoms with Crippen molar-refractivity contribution in [3.63, 3.8) is 0 Å². The molecule has 0 saturated carbocycles. The van der Waals surface area contributed by atoms with Crippen LogP contribution in [0.5, 0.6) is 0 Å². The lowest BCUT2D eigenvalue weighted by atomic mass is 10.5. The van der Waals surface area contributed by atoms with E-state index in [1.54, 1.807) is 0 Å². The standard InChI is InChI=1S/C10H20O5.Al.3H/c1-4-13-10(14-5-2,15-6-3)9-12-8-7-11;;;;/h7H,4-6,8-9H2,1-3H3;;;;. The zero-order chi connectivity index (χ0) is 11.6. The number of carbonyl (C=O) groups excluding carboxylic acids is 1. The third kappa shape index (κ3) is 7.34. The van der Waals surface area contributed by atoms with E-state index in [9.17, 15) is 4.79 Å². The molecule has 0 aromatic rings. The average molecular weight is 250 g/mol. The number of carbonyl (C=O) groups is 1. The summed E-state index contributed by atoms with van der Waals surface area (Å²) >= 11 is 0. The molecular formula is C10H23AlO5. The van der Waals surface area contributed by atoms with Gasteiger partial charge in [-0.15, -0.1) is 0 Å². The van der Waals surface area contributed by atoms with Crippen LogP contribution in [0.3, 0.4) is 0 Å². The summed E-state index contributed by atoms with van der Waals surface area (Å²) in [4.78, 5) is 10.1. The van der Waals surface area contributed by atoms with Gasteiger partial charge in [0.2, 0.25) is 0 Å². The topological polar surface area (TPSA) is 54.0 Å². The van der Waals surface area contributed by atoms with Gasteiger partial charge in [-0.2, -0.15) is 0 Å². The molecule has 0 heterocycles. The second-order valence-corrected chi connectivity index (χ2v) is 2.66. The molecule has 0 rings (SSSR count). The summed E-state index contributed by atoms with van der Waals surface area (Å²) in [7, 11) is 0. The smallest absolute Gasteiger partial charge is 0.307 e. The molecule has 0 aliphatic carbocycles. The van der Waals surface area contributed by atoms with Crippen LogP contribution < -0.4 is 0 Å². The Hall–Kier alpha value is 0.0425. The van der Waals surface area contributed by atoms with Gasteiger partial charge in [-0.3, -0.25) is 0 Å². The Morgan fingerprint density at radius 1 is 1.00 bits per heavy atom. The zero-order valence-electron chi connectivity index (χ0n) is 9.65. The monoisotopic (exact) mass is 250 g/mol. The van der Waals surface area contributed by atoms with E-state index in [1.807, 2.05) is 20.8 Å². The largest absolute Gasteiger partial charge is 0.366 e. The molecule has 0 unspecified atom stereocenters. The fraction of sp³-hybridized carbons (Fsp3) is 0.900. The van der Waals surface area contributed by atoms with Crippen molar-refractivity contribution in [3.8, 4) is 0 Å². The van der Waals surface area contributed by atoms with Gasteiger partial charge in [0.25, 0.3) is 0 Å². The first kappa shape index (κ1) is 18.4. The molecule has 16 heavy (non-hydrogen) atoms.